The third-order valence-corrected chi connectivity index (χ3v) is 4.88. The maximum Gasteiger partial charge on any atom is 0.240 e. The Morgan fingerprint density at radius 1 is 1.26 bits per heavy atom. The predicted molar refractivity (Wildman–Crippen MR) is 90.2 cm³/mol. The molecule has 0 aliphatic heterocycles. The Bertz CT molecular complexity index is 792. The molecular formula is C16H19ClN2O3S. The molecule has 5 nitrogen and oxygen atoms in total. The Morgan fingerprint density at radius 3 is 2.65 bits per heavy atom. The van der Waals surface area contributed by atoms with Gasteiger partial charge in [0.1, 0.15) is 0 Å². The lowest BCUT2D eigenvalue weighted by molar-refractivity contribution is 0.232. The first-order valence-corrected chi connectivity index (χ1v) is 9.01. The number of nitrogens with one attached hydrogen (secondary N) is 1. The van der Waals surface area contributed by atoms with Crippen molar-refractivity contribution in [1.82, 2.24) is 9.71 Å². The van der Waals surface area contributed by atoms with Gasteiger partial charge in [0, 0.05) is 23.8 Å². The molecule has 0 radical (unpaired) electrons. The standard InChI is InChI=1S/C16H19ClN2O3S/c1-11(2)22-16-8-13(6-7-18-16)10-19-23(20,21)14-5-4-12(3)15(17)9-14/h4-9,11,19H,10H2,1-3H3. The monoisotopic (exact) mass is 354 g/mol. The van der Waals surface area contributed by atoms with Gasteiger partial charge in [-0.1, -0.05) is 17.7 Å². The van der Waals surface area contributed by atoms with Crippen molar-refractivity contribution < 1.29 is 13.2 Å². The molecule has 0 aliphatic carbocycles. The molecule has 0 saturated heterocycles. The summed E-state index contributed by atoms with van der Waals surface area (Å²) in [5.41, 5.74) is 1.59. The molecule has 2 rings (SSSR count). The van der Waals surface area contributed by atoms with Crippen molar-refractivity contribution in [2.75, 3.05) is 0 Å². The van der Waals surface area contributed by atoms with E-state index in [-0.39, 0.29) is 17.5 Å². The van der Waals surface area contributed by atoms with Gasteiger partial charge in [0.05, 0.1) is 11.0 Å². The number of ether oxygens (including phenoxy) is 1. The van der Waals surface area contributed by atoms with Gasteiger partial charge < -0.3 is 4.74 Å². The summed E-state index contributed by atoms with van der Waals surface area (Å²) in [6, 6.07) is 8.10. The first-order valence-electron chi connectivity index (χ1n) is 7.15. The number of rotatable bonds is 6. The molecule has 0 unspecified atom stereocenters. The number of benzene rings is 1. The van der Waals surface area contributed by atoms with Crippen molar-refractivity contribution in [2.45, 2.75) is 38.3 Å². The van der Waals surface area contributed by atoms with Gasteiger partial charge in [-0.25, -0.2) is 18.1 Å². The van der Waals surface area contributed by atoms with Crippen molar-refractivity contribution in [3.63, 3.8) is 0 Å². The normalized spacial score (nSPS) is 11.7. The van der Waals surface area contributed by atoms with Gasteiger partial charge >= 0.3 is 0 Å². The van der Waals surface area contributed by atoms with Crippen LogP contribution in [-0.4, -0.2) is 19.5 Å². The Balaban J connectivity index is 2.11. The molecule has 23 heavy (non-hydrogen) atoms. The van der Waals surface area contributed by atoms with E-state index in [1.807, 2.05) is 20.8 Å². The molecule has 0 amide bonds. The van der Waals surface area contributed by atoms with E-state index in [1.165, 1.54) is 12.1 Å². The van der Waals surface area contributed by atoms with Crippen molar-refractivity contribution in [2.24, 2.45) is 0 Å². The molecule has 0 saturated carbocycles. The number of hydrogen-bond donors (Lipinski definition) is 1. The minimum absolute atomic E-state index is 0.00384. The Morgan fingerprint density at radius 2 is 2.00 bits per heavy atom. The lowest BCUT2D eigenvalue weighted by Crippen LogP contribution is -2.23. The average molecular weight is 355 g/mol. The van der Waals surface area contributed by atoms with Crippen LogP contribution in [0, 0.1) is 6.92 Å². The summed E-state index contributed by atoms with van der Waals surface area (Å²) in [6.45, 7) is 5.76. The molecule has 7 heteroatoms. The smallest absolute Gasteiger partial charge is 0.240 e. The van der Waals surface area contributed by atoms with Crippen LogP contribution < -0.4 is 9.46 Å². The molecule has 0 bridgehead atoms. The molecule has 1 N–H and O–H groups in total. The van der Waals surface area contributed by atoms with E-state index in [0.29, 0.717) is 10.9 Å². The topological polar surface area (TPSA) is 68.3 Å². The van der Waals surface area contributed by atoms with Gasteiger partial charge in [0.15, 0.2) is 0 Å². The van der Waals surface area contributed by atoms with Crippen LogP contribution in [0.15, 0.2) is 41.4 Å². The molecule has 2 aromatic rings. The van der Waals surface area contributed by atoms with E-state index in [1.54, 1.807) is 24.4 Å². The number of pyridine rings is 1. The van der Waals surface area contributed by atoms with Crippen LogP contribution in [0.25, 0.3) is 0 Å². The summed E-state index contributed by atoms with van der Waals surface area (Å²) in [4.78, 5) is 4.23. The maximum atomic E-state index is 12.3. The van der Waals surface area contributed by atoms with E-state index >= 15 is 0 Å². The Labute approximate surface area is 141 Å². The van der Waals surface area contributed by atoms with Crippen molar-refractivity contribution in [3.8, 4) is 5.88 Å². The average Bonchev–Trinajstić information content (AvgIpc) is 2.48. The summed E-state index contributed by atoms with van der Waals surface area (Å²) in [7, 11) is -3.63. The summed E-state index contributed by atoms with van der Waals surface area (Å²) >= 11 is 5.99. The molecular weight excluding hydrogens is 336 g/mol. The van der Waals surface area contributed by atoms with Crippen molar-refractivity contribution in [3.05, 3.63) is 52.7 Å². The van der Waals surface area contributed by atoms with Crippen LogP contribution in [0.1, 0.15) is 25.0 Å². The first kappa shape index (κ1) is 17.7. The highest BCUT2D eigenvalue weighted by molar-refractivity contribution is 7.89. The van der Waals surface area contributed by atoms with Gasteiger partial charge in [0.25, 0.3) is 0 Å². The number of sulfonamides is 1. The number of nitrogens with zero attached hydrogens (tertiary/aromatic N) is 1. The summed E-state index contributed by atoms with van der Waals surface area (Å²) in [5.74, 6) is 0.468. The van der Waals surface area contributed by atoms with E-state index in [0.717, 1.165) is 11.1 Å². The van der Waals surface area contributed by atoms with Crippen LogP contribution >= 0.6 is 11.6 Å². The molecule has 1 aromatic heterocycles. The van der Waals surface area contributed by atoms with Crippen molar-refractivity contribution >= 4 is 21.6 Å². The van der Waals surface area contributed by atoms with Crippen LogP contribution in [0.4, 0.5) is 0 Å². The highest BCUT2D eigenvalue weighted by Crippen LogP contribution is 2.20. The zero-order chi connectivity index (χ0) is 17.0. The second-order valence-corrected chi connectivity index (χ2v) is 7.58. The number of aromatic nitrogens is 1. The van der Waals surface area contributed by atoms with E-state index in [2.05, 4.69) is 9.71 Å². The lowest BCUT2D eigenvalue weighted by Gasteiger charge is -2.11. The number of halogens is 1. The minimum Gasteiger partial charge on any atom is -0.475 e. The predicted octanol–water partition coefficient (Wildman–Crippen LogP) is 3.31. The first-order chi connectivity index (χ1) is 10.8. The van der Waals surface area contributed by atoms with Gasteiger partial charge in [-0.2, -0.15) is 0 Å². The molecule has 0 aliphatic rings. The Hall–Kier alpha value is -1.63. The van der Waals surface area contributed by atoms with Crippen LogP contribution in [0.5, 0.6) is 5.88 Å². The highest BCUT2D eigenvalue weighted by Gasteiger charge is 2.15. The summed E-state index contributed by atoms with van der Waals surface area (Å²) in [6.07, 6.45) is 1.59. The largest absolute Gasteiger partial charge is 0.475 e. The molecule has 0 spiro atoms. The van der Waals surface area contributed by atoms with Gasteiger partial charge in [-0.15, -0.1) is 0 Å². The van der Waals surface area contributed by atoms with Crippen LogP contribution in [0.2, 0.25) is 5.02 Å². The Kier molecular flexibility index (Phi) is 5.62. The van der Waals surface area contributed by atoms with Crippen molar-refractivity contribution in [1.29, 1.82) is 0 Å². The summed E-state index contributed by atoms with van der Waals surface area (Å²) in [5, 5.41) is 0.421. The fourth-order valence-corrected chi connectivity index (χ4v) is 3.16. The molecule has 0 fully saturated rings. The molecule has 0 atom stereocenters. The number of hydrogen-bond acceptors (Lipinski definition) is 4. The van der Waals surface area contributed by atoms with Gasteiger partial charge in [-0.3, -0.25) is 0 Å². The fraction of sp³-hybridized carbons (Fsp3) is 0.312. The second-order valence-electron chi connectivity index (χ2n) is 5.40. The van der Waals surface area contributed by atoms with E-state index < -0.39 is 10.0 Å². The third kappa shape index (κ3) is 4.92. The molecule has 124 valence electrons. The fourth-order valence-electron chi connectivity index (χ4n) is 1.87. The van der Waals surface area contributed by atoms with E-state index in [9.17, 15) is 8.42 Å². The number of aryl methyl sites for hydroxylation is 1. The highest BCUT2D eigenvalue weighted by atomic mass is 35.5. The maximum absolute atomic E-state index is 12.3. The van der Waals surface area contributed by atoms with Gasteiger partial charge in [0.2, 0.25) is 15.9 Å². The SMILES string of the molecule is Cc1ccc(S(=O)(=O)NCc2ccnc(OC(C)C)c2)cc1Cl. The van der Waals surface area contributed by atoms with Gasteiger partial charge in [-0.05, 0) is 50.1 Å². The third-order valence-electron chi connectivity index (χ3n) is 3.08. The summed E-state index contributed by atoms with van der Waals surface area (Å²) < 4.78 is 32.7. The van der Waals surface area contributed by atoms with Crippen LogP contribution in [-0.2, 0) is 16.6 Å². The van der Waals surface area contributed by atoms with E-state index in [4.69, 9.17) is 16.3 Å². The zero-order valence-corrected chi connectivity index (χ0v) is 14.8. The lowest BCUT2D eigenvalue weighted by atomic mass is 10.2. The molecule has 1 heterocycles. The van der Waals surface area contributed by atoms with Crippen LogP contribution in [0.3, 0.4) is 0 Å². The minimum atomic E-state index is -3.63. The zero-order valence-electron chi connectivity index (χ0n) is 13.2. The molecule has 1 aromatic carbocycles. The second kappa shape index (κ2) is 7.29. The quantitative estimate of drug-likeness (QED) is 0.864.